The largest absolute Gasteiger partial charge is 0.497 e. The Kier molecular flexibility index (Phi) is 7.01. The SMILES string of the molecule is COc1cc(CN2CCc3nc(N4CCOCC4)nc(Oc4ccccc4C)c3C2)cc(OC)c1. The average molecular weight is 477 g/mol. The lowest BCUT2D eigenvalue weighted by Crippen LogP contribution is -2.38. The highest BCUT2D eigenvalue weighted by Crippen LogP contribution is 2.33. The monoisotopic (exact) mass is 476 g/mol. The lowest BCUT2D eigenvalue weighted by atomic mass is 10.1. The van der Waals surface area contributed by atoms with Gasteiger partial charge in [-0.1, -0.05) is 18.2 Å². The zero-order valence-electron chi connectivity index (χ0n) is 20.6. The first-order valence-electron chi connectivity index (χ1n) is 12.0. The van der Waals surface area contributed by atoms with E-state index in [1.165, 1.54) is 0 Å². The maximum atomic E-state index is 6.43. The molecular weight excluding hydrogens is 444 g/mol. The van der Waals surface area contributed by atoms with Gasteiger partial charge in [-0.05, 0) is 36.2 Å². The number of aromatic nitrogens is 2. The molecular formula is C27H32N4O4. The summed E-state index contributed by atoms with van der Waals surface area (Å²) >= 11 is 0. The van der Waals surface area contributed by atoms with Crippen molar-refractivity contribution >= 4 is 5.95 Å². The number of morpholine rings is 1. The molecule has 0 saturated carbocycles. The van der Waals surface area contributed by atoms with Gasteiger partial charge in [0.05, 0.1) is 38.7 Å². The molecule has 3 aromatic rings. The van der Waals surface area contributed by atoms with Crippen LogP contribution in [0.3, 0.4) is 0 Å². The number of anilines is 1. The second kappa shape index (κ2) is 10.5. The summed E-state index contributed by atoms with van der Waals surface area (Å²) in [7, 11) is 3.35. The Morgan fingerprint density at radius 1 is 0.943 bits per heavy atom. The number of methoxy groups -OCH3 is 2. The average Bonchev–Trinajstić information content (AvgIpc) is 2.90. The van der Waals surface area contributed by atoms with Crippen molar-refractivity contribution < 1.29 is 18.9 Å². The standard InChI is InChI=1S/C27H32N4O4/c1-19-6-4-5-7-25(19)35-26-23-18-30(17-20-14-21(32-2)16-22(15-20)33-3)9-8-24(23)28-27(29-26)31-10-12-34-13-11-31/h4-7,14-16H,8-13,17-18H2,1-3H3. The summed E-state index contributed by atoms with van der Waals surface area (Å²) in [5, 5.41) is 0. The van der Waals surface area contributed by atoms with Crippen LogP contribution in [0.25, 0.3) is 0 Å². The van der Waals surface area contributed by atoms with E-state index in [0.717, 1.165) is 78.2 Å². The van der Waals surface area contributed by atoms with E-state index in [0.29, 0.717) is 25.6 Å². The highest BCUT2D eigenvalue weighted by Gasteiger charge is 2.26. The molecule has 35 heavy (non-hydrogen) atoms. The lowest BCUT2D eigenvalue weighted by Gasteiger charge is -2.32. The van der Waals surface area contributed by atoms with Crippen molar-refractivity contribution in [1.29, 1.82) is 0 Å². The molecule has 0 unspecified atom stereocenters. The van der Waals surface area contributed by atoms with Crippen molar-refractivity contribution in [3.05, 3.63) is 64.8 Å². The van der Waals surface area contributed by atoms with E-state index in [1.54, 1.807) is 14.2 Å². The molecule has 0 atom stereocenters. The second-order valence-corrected chi connectivity index (χ2v) is 8.90. The van der Waals surface area contributed by atoms with E-state index >= 15 is 0 Å². The smallest absolute Gasteiger partial charge is 0.229 e. The lowest BCUT2D eigenvalue weighted by molar-refractivity contribution is 0.122. The Hall–Kier alpha value is -3.36. The van der Waals surface area contributed by atoms with E-state index in [-0.39, 0.29) is 0 Å². The van der Waals surface area contributed by atoms with Gasteiger partial charge in [-0.15, -0.1) is 0 Å². The molecule has 0 spiro atoms. The van der Waals surface area contributed by atoms with Crippen molar-refractivity contribution in [3.63, 3.8) is 0 Å². The van der Waals surface area contributed by atoms with Crippen LogP contribution in [0.15, 0.2) is 42.5 Å². The molecule has 2 aliphatic heterocycles. The fourth-order valence-electron chi connectivity index (χ4n) is 4.54. The maximum absolute atomic E-state index is 6.43. The van der Waals surface area contributed by atoms with Gasteiger partial charge in [0.25, 0.3) is 0 Å². The molecule has 1 saturated heterocycles. The highest BCUT2D eigenvalue weighted by atomic mass is 16.5. The maximum Gasteiger partial charge on any atom is 0.229 e. The zero-order valence-corrected chi connectivity index (χ0v) is 20.6. The number of ether oxygens (including phenoxy) is 4. The minimum Gasteiger partial charge on any atom is -0.497 e. The Balaban J connectivity index is 1.45. The van der Waals surface area contributed by atoms with Crippen LogP contribution < -0.4 is 19.1 Å². The number of benzene rings is 2. The van der Waals surface area contributed by atoms with E-state index < -0.39 is 0 Å². The minimum absolute atomic E-state index is 0.638. The molecule has 2 aliphatic rings. The number of fused-ring (bicyclic) bond motifs is 1. The van der Waals surface area contributed by atoms with Gasteiger partial charge in [-0.25, -0.2) is 4.98 Å². The van der Waals surface area contributed by atoms with Crippen LogP contribution in [-0.2, 0) is 24.2 Å². The van der Waals surface area contributed by atoms with Gasteiger partial charge in [0.15, 0.2) is 0 Å². The molecule has 0 N–H and O–H groups in total. The fourth-order valence-corrected chi connectivity index (χ4v) is 4.54. The molecule has 184 valence electrons. The number of hydrogen-bond donors (Lipinski definition) is 0. The Morgan fingerprint density at radius 2 is 1.69 bits per heavy atom. The number of aryl methyl sites for hydroxylation is 1. The third-order valence-corrected chi connectivity index (χ3v) is 6.50. The van der Waals surface area contributed by atoms with E-state index in [9.17, 15) is 0 Å². The van der Waals surface area contributed by atoms with E-state index in [4.69, 9.17) is 28.9 Å². The molecule has 0 aliphatic carbocycles. The van der Waals surface area contributed by atoms with Gasteiger partial charge in [0.2, 0.25) is 11.8 Å². The molecule has 1 aromatic heterocycles. The Labute approximate surface area is 206 Å². The van der Waals surface area contributed by atoms with Crippen molar-refractivity contribution in [3.8, 4) is 23.1 Å². The summed E-state index contributed by atoms with van der Waals surface area (Å²) in [6, 6.07) is 14.0. The van der Waals surface area contributed by atoms with Crippen LogP contribution in [0.2, 0.25) is 0 Å². The summed E-state index contributed by atoms with van der Waals surface area (Å²) in [6.07, 6.45) is 0.834. The van der Waals surface area contributed by atoms with Gasteiger partial charge in [0, 0.05) is 45.2 Å². The summed E-state index contributed by atoms with van der Waals surface area (Å²) in [5.41, 5.74) is 4.32. The van der Waals surface area contributed by atoms with Crippen molar-refractivity contribution in [2.45, 2.75) is 26.4 Å². The van der Waals surface area contributed by atoms with Crippen LogP contribution in [0.5, 0.6) is 23.1 Å². The first-order valence-corrected chi connectivity index (χ1v) is 12.0. The van der Waals surface area contributed by atoms with E-state index in [1.807, 2.05) is 37.3 Å². The highest BCUT2D eigenvalue weighted by molar-refractivity contribution is 5.45. The second-order valence-electron chi connectivity index (χ2n) is 8.90. The molecule has 0 radical (unpaired) electrons. The fraction of sp³-hybridized carbons (Fsp3) is 0.407. The topological polar surface area (TPSA) is 69.2 Å². The number of rotatable bonds is 7. The predicted octanol–water partition coefficient (Wildman–Crippen LogP) is 3.99. The van der Waals surface area contributed by atoms with Gasteiger partial charge in [0.1, 0.15) is 17.2 Å². The number of nitrogens with zero attached hydrogens (tertiary/aromatic N) is 4. The molecule has 8 nitrogen and oxygen atoms in total. The van der Waals surface area contributed by atoms with Crippen molar-refractivity contribution in [1.82, 2.24) is 14.9 Å². The molecule has 2 aromatic carbocycles. The van der Waals surface area contributed by atoms with Crippen molar-refractivity contribution in [2.24, 2.45) is 0 Å². The Morgan fingerprint density at radius 3 is 2.40 bits per heavy atom. The van der Waals surface area contributed by atoms with Crippen LogP contribution >= 0.6 is 0 Å². The normalized spacial score (nSPS) is 16.0. The summed E-state index contributed by atoms with van der Waals surface area (Å²) in [4.78, 5) is 14.5. The quantitative estimate of drug-likeness (QED) is 0.507. The summed E-state index contributed by atoms with van der Waals surface area (Å²) in [5.74, 6) is 3.76. The summed E-state index contributed by atoms with van der Waals surface area (Å²) < 4.78 is 22.9. The first-order chi connectivity index (χ1) is 17.1. The zero-order chi connectivity index (χ0) is 24.2. The third-order valence-electron chi connectivity index (χ3n) is 6.50. The van der Waals surface area contributed by atoms with E-state index in [2.05, 4.69) is 21.9 Å². The van der Waals surface area contributed by atoms with Gasteiger partial charge in [-0.2, -0.15) is 4.98 Å². The molecule has 0 bridgehead atoms. The molecule has 8 heteroatoms. The Bertz CT molecular complexity index is 1160. The van der Waals surface area contributed by atoms with Crippen LogP contribution in [0, 0.1) is 6.92 Å². The molecule has 3 heterocycles. The van der Waals surface area contributed by atoms with Gasteiger partial charge in [-0.3, -0.25) is 4.90 Å². The van der Waals surface area contributed by atoms with Crippen LogP contribution in [-0.4, -0.2) is 61.9 Å². The first kappa shape index (κ1) is 23.4. The minimum atomic E-state index is 0.638. The van der Waals surface area contributed by atoms with Gasteiger partial charge < -0.3 is 23.8 Å². The molecule has 0 amide bonds. The summed E-state index contributed by atoms with van der Waals surface area (Å²) in [6.45, 7) is 7.36. The number of para-hydroxylation sites is 1. The predicted molar refractivity (Wildman–Crippen MR) is 134 cm³/mol. The van der Waals surface area contributed by atoms with Crippen molar-refractivity contribution in [2.75, 3.05) is 52.0 Å². The van der Waals surface area contributed by atoms with Crippen LogP contribution in [0.1, 0.15) is 22.4 Å². The molecule has 1 fully saturated rings. The van der Waals surface area contributed by atoms with Gasteiger partial charge >= 0.3 is 0 Å². The van der Waals surface area contributed by atoms with Crippen LogP contribution in [0.4, 0.5) is 5.95 Å². The molecule has 5 rings (SSSR count). The number of hydrogen-bond acceptors (Lipinski definition) is 8. The third kappa shape index (κ3) is 5.33.